The van der Waals surface area contributed by atoms with Crippen LogP contribution in [0.1, 0.15) is 27.9 Å². The van der Waals surface area contributed by atoms with E-state index in [4.69, 9.17) is 5.73 Å². The molecule has 0 aromatic heterocycles. The summed E-state index contributed by atoms with van der Waals surface area (Å²) in [6.07, 6.45) is 0.913. The average Bonchev–Trinajstić information content (AvgIpc) is 2.68. The number of nitrogens with two attached hydrogens (primary N) is 1. The Morgan fingerprint density at radius 3 is 2.59 bits per heavy atom. The number of hydrogen-bond acceptors (Lipinski definition) is 2. The summed E-state index contributed by atoms with van der Waals surface area (Å²) in [6, 6.07) is 6.00. The number of rotatable bonds is 1. The van der Waals surface area contributed by atoms with Crippen LogP contribution in [0.15, 0.2) is 18.2 Å². The third-order valence-corrected chi connectivity index (χ3v) is 3.27. The van der Waals surface area contributed by atoms with Crippen LogP contribution in [0.2, 0.25) is 0 Å². The molecule has 4 heteroatoms. The van der Waals surface area contributed by atoms with Gasteiger partial charge in [0.15, 0.2) is 0 Å². The topological polar surface area (TPSA) is 46.3 Å². The van der Waals surface area contributed by atoms with Crippen LogP contribution in [0.3, 0.4) is 0 Å². The van der Waals surface area contributed by atoms with Gasteiger partial charge in [-0.25, -0.2) is 0 Å². The Morgan fingerprint density at radius 2 is 2.06 bits per heavy atom. The lowest BCUT2D eigenvalue weighted by Crippen LogP contribution is -2.31. The summed E-state index contributed by atoms with van der Waals surface area (Å²) in [5.41, 5.74) is 8.96. The number of carbonyl (C=O) groups excluding carboxylic acids is 1. The van der Waals surface area contributed by atoms with Crippen molar-refractivity contribution in [1.82, 2.24) is 4.90 Å². The normalized spacial score (nSPS) is 19.0. The van der Waals surface area contributed by atoms with Crippen LogP contribution in [-0.4, -0.2) is 29.9 Å². The summed E-state index contributed by atoms with van der Waals surface area (Å²) < 4.78 is 0. The summed E-state index contributed by atoms with van der Waals surface area (Å²) in [7, 11) is 0. The minimum atomic E-state index is 0. The van der Waals surface area contributed by atoms with Crippen molar-refractivity contribution in [2.75, 3.05) is 13.1 Å². The van der Waals surface area contributed by atoms with E-state index < -0.39 is 0 Å². The Kier molecular flexibility index (Phi) is 4.54. The van der Waals surface area contributed by atoms with E-state index in [0.717, 1.165) is 24.1 Å². The molecule has 1 aliphatic rings. The minimum Gasteiger partial charge on any atom is -0.337 e. The molecule has 1 saturated heterocycles. The number of amides is 1. The largest absolute Gasteiger partial charge is 0.337 e. The van der Waals surface area contributed by atoms with Crippen molar-refractivity contribution in [2.24, 2.45) is 5.73 Å². The van der Waals surface area contributed by atoms with Gasteiger partial charge < -0.3 is 10.6 Å². The fraction of sp³-hybridized carbons (Fsp3) is 0.462. The molecule has 1 aromatic rings. The second kappa shape index (κ2) is 5.52. The van der Waals surface area contributed by atoms with Crippen molar-refractivity contribution in [2.45, 2.75) is 26.3 Å². The number of nitrogens with zero attached hydrogens (tertiary/aromatic N) is 1. The number of likely N-dealkylation sites (tertiary alicyclic amines) is 1. The van der Waals surface area contributed by atoms with Crippen LogP contribution in [0, 0.1) is 13.8 Å². The molecule has 2 N–H and O–H groups in total. The number of hydrogen-bond donors (Lipinski definition) is 1. The first-order chi connectivity index (χ1) is 7.58. The SMILES string of the molecule is Cc1ccc(C(=O)N2CC[C@H](N)C2)cc1C.Cl. The first kappa shape index (κ1) is 14.0. The van der Waals surface area contributed by atoms with Crippen molar-refractivity contribution >= 4 is 18.3 Å². The molecule has 1 fully saturated rings. The number of aryl methyl sites for hydroxylation is 2. The zero-order valence-corrected chi connectivity index (χ0v) is 11.1. The molecule has 3 nitrogen and oxygen atoms in total. The average molecular weight is 255 g/mol. The first-order valence-electron chi connectivity index (χ1n) is 5.70. The highest BCUT2D eigenvalue weighted by molar-refractivity contribution is 5.94. The molecular weight excluding hydrogens is 236 g/mol. The third-order valence-electron chi connectivity index (χ3n) is 3.27. The third kappa shape index (κ3) is 2.99. The van der Waals surface area contributed by atoms with Gasteiger partial charge in [-0.05, 0) is 43.5 Å². The van der Waals surface area contributed by atoms with E-state index in [9.17, 15) is 4.79 Å². The van der Waals surface area contributed by atoms with Gasteiger partial charge in [-0.1, -0.05) is 6.07 Å². The second-order valence-corrected chi connectivity index (χ2v) is 4.60. The van der Waals surface area contributed by atoms with Gasteiger partial charge in [0.25, 0.3) is 5.91 Å². The lowest BCUT2D eigenvalue weighted by atomic mass is 10.1. The van der Waals surface area contributed by atoms with Crippen molar-refractivity contribution in [1.29, 1.82) is 0 Å². The highest BCUT2D eigenvalue weighted by Gasteiger charge is 2.24. The summed E-state index contributed by atoms with van der Waals surface area (Å²) in [5.74, 6) is 0.107. The summed E-state index contributed by atoms with van der Waals surface area (Å²) in [4.78, 5) is 14.0. The van der Waals surface area contributed by atoms with E-state index in [1.807, 2.05) is 30.0 Å². The van der Waals surface area contributed by atoms with E-state index >= 15 is 0 Å². The van der Waals surface area contributed by atoms with E-state index in [0.29, 0.717) is 6.54 Å². The van der Waals surface area contributed by atoms with Gasteiger partial charge in [-0.2, -0.15) is 0 Å². The van der Waals surface area contributed by atoms with Gasteiger partial charge in [-0.3, -0.25) is 4.79 Å². The Bertz CT molecular complexity index is 420. The Labute approximate surface area is 108 Å². The maximum atomic E-state index is 12.1. The second-order valence-electron chi connectivity index (χ2n) is 4.60. The van der Waals surface area contributed by atoms with Gasteiger partial charge in [0.1, 0.15) is 0 Å². The zero-order valence-electron chi connectivity index (χ0n) is 10.3. The molecule has 1 atom stereocenters. The summed E-state index contributed by atoms with van der Waals surface area (Å²) in [5, 5.41) is 0. The Balaban J connectivity index is 0.00000144. The predicted octanol–water partition coefficient (Wildman–Crippen LogP) is 1.90. The number of halogens is 1. The lowest BCUT2D eigenvalue weighted by Gasteiger charge is -2.16. The van der Waals surface area contributed by atoms with Gasteiger partial charge in [0.2, 0.25) is 0 Å². The van der Waals surface area contributed by atoms with Crippen LogP contribution in [0.4, 0.5) is 0 Å². The Hall–Kier alpha value is -1.06. The van der Waals surface area contributed by atoms with Gasteiger partial charge >= 0.3 is 0 Å². The summed E-state index contributed by atoms with van der Waals surface area (Å²) in [6.45, 7) is 5.55. The molecule has 0 aliphatic carbocycles. The zero-order chi connectivity index (χ0) is 11.7. The highest BCUT2D eigenvalue weighted by Crippen LogP contribution is 2.15. The monoisotopic (exact) mass is 254 g/mol. The molecule has 2 rings (SSSR count). The molecule has 1 aliphatic heterocycles. The van der Waals surface area contributed by atoms with E-state index in [1.54, 1.807) is 0 Å². The van der Waals surface area contributed by atoms with E-state index in [2.05, 4.69) is 6.92 Å². The molecule has 0 spiro atoms. The maximum Gasteiger partial charge on any atom is 0.253 e. The standard InChI is InChI=1S/C13H18N2O.ClH/c1-9-3-4-11(7-10(9)2)13(16)15-6-5-12(14)8-15;/h3-4,7,12H,5-6,8,14H2,1-2H3;1H/t12-;/m0./s1. The predicted molar refractivity (Wildman–Crippen MR) is 71.7 cm³/mol. The molecule has 1 heterocycles. The molecule has 0 radical (unpaired) electrons. The lowest BCUT2D eigenvalue weighted by molar-refractivity contribution is 0.0791. The molecule has 1 aromatic carbocycles. The molecule has 94 valence electrons. The molecular formula is C13H19ClN2O. The van der Waals surface area contributed by atoms with Gasteiger partial charge in [0.05, 0.1) is 0 Å². The van der Waals surface area contributed by atoms with E-state index in [-0.39, 0.29) is 24.4 Å². The first-order valence-corrected chi connectivity index (χ1v) is 5.70. The van der Waals surface area contributed by atoms with Crippen LogP contribution < -0.4 is 5.73 Å². The fourth-order valence-electron chi connectivity index (χ4n) is 2.03. The molecule has 0 bridgehead atoms. The van der Waals surface area contributed by atoms with Crippen LogP contribution in [0.5, 0.6) is 0 Å². The molecule has 17 heavy (non-hydrogen) atoms. The molecule has 0 saturated carbocycles. The van der Waals surface area contributed by atoms with Gasteiger partial charge in [0, 0.05) is 24.7 Å². The van der Waals surface area contributed by atoms with Crippen molar-refractivity contribution in [3.05, 3.63) is 34.9 Å². The quantitative estimate of drug-likeness (QED) is 0.832. The minimum absolute atomic E-state index is 0. The highest BCUT2D eigenvalue weighted by atomic mass is 35.5. The van der Waals surface area contributed by atoms with Crippen molar-refractivity contribution < 1.29 is 4.79 Å². The fourth-order valence-corrected chi connectivity index (χ4v) is 2.03. The smallest absolute Gasteiger partial charge is 0.253 e. The summed E-state index contributed by atoms with van der Waals surface area (Å²) >= 11 is 0. The molecule has 0 unspecified atom stereocenters. The van der Waals surface area contributed by atoms with Crippen LogP contribution in [0.25, 0.3) is 0 Å². The maximum absolute atomic E-state index is 12.1. The Morgan fingerprint density at radius 1 is 1.35 bits per heavy atom. The molecule has 1 amide bonds. The van der Waals surface area contributed by atoms with Crippen LogP contribution >= 0.6 is 12.4 Å². The van der Waals surface area contributed by atoms with Crippen molar-refractivity contribution in [3.8, 4) is 0 Å². The number of benzene rings is 1. The van der Waals surface area contributed by atoms with Gasteiger partial charge in [-0.15, -0.1) is 12.4 Å². The number of carbonyl (C=O) groups is 1. The van der Waals surface area contributed by atoms with Crippen molar-refractivity contribution in [3.63, 3.8) is 0 Å². The van der Waals surface area contributed by atoms with E-state index in [1.165, 1.54) is 5.56 Å². The van der Waals surface area contributed by atoms with Crippen LogP contribution in [-0.2, 0) is 0 Å².